The van der Waals surface area contributed by atoms with Gasteiger partial charge in [-0.25, -0.2) is 0 Å². The second-order valence-electron chi connectivity index (χ2n) is 4.70. The number of hydrogen-bond donors (Lipinski definition) is 2. The molecule has 6 nitrogen and oxygen atoms in total. The molecule has 114 valence electrons. The van der Waals surface area contributed by atoms with E-state index in [1.807, 2.05) is 36.2 Å². The van der Waals surface area contributed by atoms with E-state index < -0.39 is 0 Å². The van der Waals surface area contributed by atoms with Gasteiger partial charge in [0.05, 0.1) is 24.2 Å². The Hall–Kier alpha value is -2.73. The smallest absolute Gasteiger partial charge is 0.0858 e. The lowest BCUT2D eigenvalue weighted by atomic mass is 10.2. The molecule has 0 aliphatic heterocycles. The molecule has 6 heteroatoms. The van der Waals surface area contributed by atoms with Gasteiger partial charge >= 0.3 is 0 Å². The number of benzene rings is 2. The molecule has 0 atom stereocenters. The molecule has 0 spiro atoms. The van der Waals surface area contributed by atoms with Crippen molar-refractivity contribution in [1.29, 1.82) is 0 Å². The van der Waals surface area contributed by atoms with Gasteiger partial charge in [0, 0.05) is 19.3 Å². The van der Waals surface area contributed by atoms with E-state index >= 15 is 0 Å². The summed E-state index contributed by atoms with van der Waals surface area (Å²) in [6.07, 6.45) is 1.35. The highest BCUT2D eigenvalue weighted by molar-refractivity contribution is 5.79. The van der Waals surface area contributed by atoms with Crippen LogP contribution in [0.1, 0.15) is 5.56 Å². The molecule has 22 heavy (non-hydrogen) atoms. The predicted molar refractivity (Wildman–Crippen MR) is 86.8 cm³/mol. The van der Waals surface area contributed by atoms with E-state index in [2.05, 4.69) is 15.4 Å². The van der Waals surface area contributed by atoms with E-state index in [1.165, 1.54) is 6.21 Å². The van der Waals surface area contributed by atoms with Gasteiger partial charge in [-0.1, -0.05) is 17.3 Å². The first-order valence-electron chi connectivity index (χ1n) is 6.84. The van der Waals surface area contributed by atoms with Crippen LogP contribution in [0.3, 0.4) is 0 Å². The van der Waals surface area contributed by atoms with Crippen LogP contribution in [0.15, 0.2) is 63.9 Å². The molecule has 0 heterocycles. The molecule has 0 amide bonds. The number of hydrogen-bond acceptors (Lipinski definition) is 6. The summed E-state index contributed by atoms with van der Waals surface area (Å²) < 4.78 is 0. The molecule has 0 aromatic heterocycles. The van der Waals surface area contributed by atoms with Gasteiger partial charge in [0.2, 0.25) is 0 Å². The monoisotopic (exact) mass is 298 g/mol. The Morgan fingerprint density at radius 3 is 2.00 bits per heavy atom. The molecule has 0 aliphatic rings. The average molecular weight is 298 g/mol. The van der Waals surface area contributed by atoms with E-state index in [4.69, 9.17) is 10.3 Å². The lowest BCUT2D eigenvalue weighted by Crippen LogP contribution is -2.20. The highest BCUT2D eigenvalue weighted by Crippen LogP contribution is 2.21. The molecular weight excluding hydrogens is 280 g/mol. The van der Waals surface area contributed by atoms with Crippen molar-refractivity contribution in [2.45, 2.75) is 0 Å². The predicted octanol–water partition coefficient (Wildman–Crippen LogP) is 3.34. The van der Waals surface area contributed by atoms with Gasteiger partial charge in [-0.3, -0.25) is 0 Å². The van der Waals surface area contributed by atoms with Gasteiger partial charge in [0.1, 0.15) is 0 Å². The summed E-state index contributed by atoms with van der Waals surface area (Å²) in [7, 11) is 1.92. The number of oxime groups is 1. The van der Waals surface area contributed by atoms with Crippen molar-refractivity contribution in [3.63, 3.8) is 0 Å². The van der Waals surface area contributed by atoms with Gasteiger partial charge < -0.3 is 15.2 Å². The Kier molecular flexibility index (Phi) is 5.62. The molecule has 0 fully saturated rings. The molecule has 0 aliphatic carbocycles. The van der Waals surface area contributed by atoms with Crippen LogP contribution in [0.25, 0.3) is 0 Å². The molecule has 0 saturated heterocycles. The minimum absolute atomic E-state index is 0.120. The summed E-state index contributed by atoms with van der Waals surface area (Å²) in [5.41, 5.74) is 3.28. The Morgan fingerprint density at radius 1 is 0.955 bits per heavy atom. The van der Waals surface area contributed by atoms with Crippen LogP contribution < -0.4 is 4.90 Å². The summed E-state index contributed by atoms with van der Waals surface area (Å²) in [5.74, 6) is 0. The third-order valence-electron chi connectivity index (χ3n) is 3.11. The number of likely N-dealkylation sites (N-methyl/N-ethyl adjacent to an activating group) is 1. The fraction of sp³-hybridized carbons (Fsp3) is 0.188. The Bertz CT molecular complexity index is 636. The topological polar surface area (TPSA) is 80.8 Å². The lowest BCUT2D eigenvalue weighted by Gasteiger charge is -2.17. The maximum atomic E-state index is 8.92. The second kappa shape index (κ2) is 7.90. The first-order valence-corrected chi connectivity index (χ1v) is 6.84. The number of aliphatic hydroxyl groups excluding tert-OH is 1. The van der Waals surface area contributed by atoms with Gasteiger partial charge in [0.15, 0.2) is 0 Å². The quantitative estimate of drug-likeness (QED) is 0.371. The van der Waals surface area contributed by atoms with Gasteiger partial charge in [-0.2, -0.15) is 10.2 Å². The summed E-state index contributed by atoms with van der Waals surface area (Å²) in [6.45, 7) is 0.708. The highest BCUT2D eigenvalue weighted by Gasteiger charge is 1.99. The van der Waals surface area contributed by atoms with E-state index in [-0.39, 0.29) is 6.61 Å². The maximum absolute atomic E-state index is 8.92. The Balaban J connectivity index is 2.03. The van der Waals surface area contributed by atoms with Crippen molar-refractivity contribution in [2.75, 3.05) is 25.1 Å². The normalized spacial score (nSPS) is 11.4. The third-order valence-corrected chi connectivity index (χ3v) is 3.11. The molecule has 2 aromatic rings. The number of nitrogens with zero attached hydrogens (tertiary/aromatic N) is 4. The Labute approximate surface area is 129 Å². The van der Waals surface area contributed by atoms with E-state index in [1.54, 1.807) is 24.3 Å². The molecule has 0 saturated carbocycles. The summed E-state index contributed by atoms with van der Waals surface area (Å²) in [4.78, 5) is 1.96. The van der Waals surface area contributed by atoms with Crippen molar-refractivity contribution in [3.8, 4) is 0 Å². The molecule has 0 unspecified atom stereocenters. The van der Waals surface area contributed by atoms with E-state index in [9.17, 15) is 0 Å². The van der Waals surface area contributed by atoms with Crippen LogP contribution in [-0.2, 0) is 0 Å². The van der Waals surface area contributed by atoms with Crippen molar-refractivity contribution < 1.29 is 10.3 Å². The molecule has 0 radical (unpaired) electrons. The summed E-state index contributed by atoms with van der Waals surface area (Å²) in [5, 5.41) is 28.7. The maximum Gasteiger partial charge on any atom is 0.0858 e. The summed E-state index contributed by atoms with van der Waals surface area (Å²) >= 11 is 0. The van der Waals surface area contributed by atoms with Crippen LogP contribution in [0.5, 0.6) is 0 Å². The standard InChI is InChI=1S/C16H18N4O2/c1-20(10-11-21)16-8-6-15(7-9-16)19-18-14-4-2-13(3-5-14)12-17-22/h2-9,12,21-22H,10-11H2,1H3/b17-12+,19-18?. The number of azo groups is 1. The lowest BCUT2D eigenvalue weighted by molar-refractivity contribution is 0.304. The zero-order valence-corrected chi connectivity index (χ0v) is 12.3. The van der Waals surface area contributed by atoms with Crippen molar-refractivity contribution in [1.82, 2.24) is 0 Å². The molecular formula is C16H18N4O2. The fourth-order valence-corrected chi connectivity index (χ4v) is 1.86. The minimum atomic E-state index is 0.120. The number of aliphatic hydroxyl groups is 1. The molecule has 2 aromatic carbocycles. The van der Waals surface area contributed by atoms with Crippen molar-refractivity contribution in [2.24, 2.45) is 15.4 Å². The molecule has 2 rings (SSSR count). The van der Waals surface area contributed by atoms with Gasteiger partial charge in [0.25, 0.3) is 0 Å². The first-order chi connectivity index (χ1) is 10.7. The molecule has 2 N–H and O–H groups in total. The van der Waals surface area contributed by atoms with Crippen LogP contribution in [0.2, 0.25) is 0 Å². The zero-order chi connectivity index (χ0) is 15.8. The largest absolute Gasteiger partial charge is 0.411 e. The Morgan fingerprint density at radius 2 is 1.50 bits per heavy atom. The zero-order valence-electron chi connectivity index (χ0n) is 12.3. The average Bonchev–Trinajstić information content (AvgIpc) is 2.55. The van der Waals surface area contributed by atoms with E-state index in [0.29, 0.717) is 6.54 Å². The van der Waals surface area contributed by atoms with Crippen LogP contribution in [-0.4, -0.2) is 36.7 Å². The van der Waals surface area contributed by atoms with Crippen LogP contribution in [0, 0.1) is 0 Å². The summed E-state index contributed by atoms with van der Waals surface area (Å²) in [6, 6.07) is 14.8. The van der Waals surface area contributed by atoms with Crippen molar-refractivity contribution in [3.05, 3.63) is 54.1 Å². The van der Waals surface area contributed by atoms with E-state index in [0.717, 1.165) is 22.6 Å². The van der Waals surface area contributed by atoms with Gasteiger partial charge in [-0.15, -0.1) is 0 Å². The fourth-order valence-electron chi connectivity index (χ4n) is 1.86. The van der Waals surface area contributed by atoms with Gasteiger partial charge in [-0.05, 0) is 42.0 Å². The SMILES string of the molecule is CN(CCO)c1ccc(N=Nc2ccc(/C=N/O)cc2)cc1. The third kappa shape index (κ3) is 4.39. The number of rotatable bonds is 6. The second-order valence-corrected chi connectivity index (χ2v) is 4.70. The molecule has 0 bridgehead atoms. The highest BCUT2D eigenvalue weighted by atomic mass is 16.4. The van der Waals surface area contributed by atoms with Crippen LogP contribution >= 0.6 is 0 Å². The minimum Gasteiger partial charge on any atom is -0.411 e. The number of anilines is 1. The van der Waals surface area contributed by atoms with Crippen molar-refractivity contribution >= 4 is 23.3 Å². The van der Waals surface area contributed by atoms with Crippen LogP contribution in [0.4, 0.5) is 17.1 Å². The first kappa shape index (κ1) is 15.7.